The topological polar surface area (TPSA) is 91.1 Å². The lowest BCUT2D eigenvalue weighted by Gasteiger charge is -2.06. The molecule has 0 unspecified atom stereocenters. The van der Waals surface area contributed by atoms with Crippen molar-refractivity contribution in [3.05, 3.63) is 45.7 Å². The van der Waals surface area contributed by atoms with Gasteiger partial charge in [-0.3, -0.25) is 4.79 Å². The van der Waals surface area contributed by atoms with Gasteiger partial charge < -0.3 is 4.98 Å². The summed E-state index contributed by atoms with van der Waals surface area (Å²) in [6.07, 6.45) is 0. The van der Waals surface area contributed by atoms with Crippen LogP contribution in [0.25, 0.3) is 10.9 Å². The minimum absolute atomic E-state index is 0.0532. The Balaban J connectivity index is 2.38. The van der Waals surface area contributed by atoms with Gasteiger partial charge in [0.1, 0.15) is 0 Å². The number of H-pyrrole nitrogens is 1. The summed E-state index contributed by atoms with van der Waals surface area (Å²) in [7, 11) is -2.25. The second-order valence-electron chi connectivity index (χ2n) is 4.24. The highest BCUT2D eigenvalue weighted by Crippen LogP contribution is 2.13. The van der Waals surface area contributed by atoms with E-state index in [0.29, 0.717) is 5.56 Å². The van der Waals surface area contributed by atoms with E-state index in [1.54, 1.807) is 6.07 Å². The van der Waals surface area contributed by atoms with E-state index in [1.807, 2.05) is 25.1 Å². The van der Waals surface area contributed by atoms with Gasteiger partial charge in [-0.15, -0.1) is 0 Å². The zero-order valence-electron chi connectivity index (χ0n) is 10.6. The van der Waals surface area contributed by atoms with Gasteiger partial charge >= 0.3 is 0 Å². The number of aryl methyl sites for hydroxylation is 1. The van der Waals surface area contributed by atoms with Crippen LogP contribution in [-0.2, 0) is 16.8 Å². The lowest BCUT2D eigenvalue weighted by atomic mass is 10.1. The van der Waals surface area contributed by atoms with Crippen LogP contribution in [0.15, 0.2) is 29.1 Å². The molecule has 3 N–H and O–H groups in total. The summed E-state index contributed by atoms with van der Waals surface area (Å²) < 4.78 is 26.9. The predicted octanol–water partition coefficient (Wildman–Crippen LogP) is 0.390. The summed E-state index contributed by atoms with van der Waals surface area (Å²) >= 11 is 0. The first kappa shape index (κ1) is 13.7. The highest BCUT2D eigenvalue weighted by molar-refractivity contribution is 7.87. The van der Waals surface area contributed by atoms with Crippen LogP contribution >= 0.6 is 0 Å². The maximum atomic E-state index is 11.8. The van der Waals surface area contributed by atoms with Gasteiger partial charge in [0.15, 0.2) is 0 Å². The molecular weight excluding hydrogens is 266 g/mol. The zero-order valence-corrected chi connectivity index (χ0v) is 11.5. The second kappa shape index (κ2) is 5.12. The minimum Gasteiger partial charge on any atom is -0.322 e. The van der Waals surface area contributed by atoms with Gasteiger partial charge in [-0.1, -0.05) is 11.6 Å². The standard InChI is InChI=1S/C12H15N3O3S/c1-8-3-4-11-9(5-8)6-10(12(16)15-11)7-14-19(17,18)13-2/h3-6,13-14H,7H2,1-2H3,(H,15,16). The number of aromatic nitrogens is 1. The van der Waals surface area contributed by atoms with E-state index >= 15 is 0 Å². The van der Waals surface area contributed by atoms with Crippen LogP contribution in [0.5, 0.6) is 0 Å². The molecule has 0 amide bonds. The Morgan fingerprint density at radius 2 is 2.00 bits per heavy atom. The van der Waals surface area contributed by atoms with Crippen LogP contribution in [0.1, 0.15) is 11.1 Å². The number of fused-ring (bicyclic) bond motifs is 1. The fourth-order valence-corrected chi connectivity index (χ4v) is 2.24. The number of hydrogen-bond acceptors (Lipinski definition) is 3. The summed E-state index contributed by atoms with van der Waals surface area (Å²) in [5.41, 5.74) is 1.88. The molecule has 1 aromatic carbocycles. The van der Waals surface area contributed by atoms with Crippen molar-refractivity contribution < 1.29 is 8.42 Å². The highest BCUT2D eigenvalue weighted by Gasteiger charge is 2.08. The Morgan fingerprint density at radius 3 is 2.68 bits per heavy atom. The van der Waals surface area contributed by atoms with Crippen LogP contribution in [0.2, 0.25) is 0 Å². The highest BCUT2D eigenvalue weighted by atomic mass is 32.2. The largest absolute Gasteiger partial charge is 0.322 e. The number of aromatic amines is 1. The van der Waals surface area contributed by atoms with E-state index < -0.39 is 10.2 Å². The molecule has 19 heavy (non-hydrogen) atoms. The third kappa shape index (κ3) is 3.19. The molecule has 0 spiro atoms. The van der Waals surface area contributed by atoms with Crippen LogP contribution < -0.4 is 15.0 Å². The lowest BCUT2D eigenvalue weighted by molar-refractivity contribution is 0.572. The lowest BCUT2D eigenvalue weighted by Crippen LogP contribution is -2.34. The molecule has 0 aliphatic heterocycles. The van der Waals surface area contributed by atoms with Crippen LogP contribution in [0.3, 0.4) is 0 Å². The Labute approximate surface area is 111 Å². The number of nitrogens with one attached hydrogen (secondary N) is 3. The van der Waals surface area contributed by atoms with Gasteiger partial charge in [0.25, 0.3) is 15.8 Å². The smallest absolute Gasteiger partial charge is 0.276 e. The van der Waals surface area contributed by atoms with Gasteiger partial charge in [-0.2, -0.15) is 13.1 Å². The molecule has 7 heteroatoms. The Bertz CT molecular complexity index is 765. The molecule has 0 radical (unpaired) electrons. The number of hydrogen-bond donors (Lipinski definition) is 3. The van der Waals surface area contributed by atoms with Crippen molar-refractivity contribution in [2.45, 2.75) is 13.5 Å². The van der Waals surface area contributed by atoms with Crippen LogP contribution in [0.4, 0.5) is 0 Å². The van der Waals surface area contributed by atoms with E-state index in [0.717, 1.165) is 16.5 Å². The number of rotatable bonds is 4. The molecule has 2 aromatic rings. The molecule has 0 atom stereocenters. The molecule has 0 bridgehead atoms. The van der Waals surface area contributed by atoms with Gasteiger partial charge in [-0.05, 0) is 30.5 Å². The number of benzene rings is 1. The first-order valence-corrected chi connectivity index (χ1v) is 7.20. The van der Waals surface area contributed by atoms with Crippen molar-refractivity contribution in [1.29, 1.82) is 0 Å². The molecule has 0 aliphatic carbocycles. The number of pyridine rings is 1. The normalized spacial score (nSPS) is 11.9. The monoisotopic (exact) mass is 281 g/mol. The van der Waals surface area contributed by atoms with Gasteiger partial charge in [-0.25, -0.2) is 4.72 Å². The molecule has 2 rings (SSSR count). The summed E-state index contributed by atoms with van der Waals surface area (Å²) in [4.78, 5) is 14.5. The average molecular weight is 281 g/mol. The average Bonchev–Trinajstić information content (AvgIpc) is 2.37. The van der Waals surface area contributed by atoms with E-state index in [1.165, 1.54) is 7.05 Å². The van der Waals surface area contributed by atoms with E-state index in [-0.39, 0.29) is 12.1 Å². The SMILES string of the molecule is CNS(=O)(=O)NCc1cc2cc(C)ccc2[nH]c1=O. The first-order valence-electron chi connectivity index (χ1n) is 5.72. The molecule has 0 fully saturated rings. The molecule has 0 aliphatic rings. The van der Waals surface area contributed by atoms with Crippen molar-refractivity contribution in [2.24, 2.45) is 0 Å². The van der Waals surface area contributed by atoms with Gasteiger partial charge in [0.05, 0.1) is 0 Å². The molecule has 6 nitrogen and oxygen atoms in total. The molecule has 0 saturated heterocycles. The third-order valence-electron chi connectivity index (χ3n) is 2.80. The zero-order chi connectivity index (χ0) is 14.0. The summed E-state index contributed by atoms with van der Waals surface area (Å²) in [5, 5.41) is 0.873. The summed E-state index contributed by atoms with van der Waals surface area (Å²) in [6.45, 7) is 1.90. The van der Waals surface area contributed by atoms with E-state index in [4.69, 9.17) is 0 Å². The predicted molar refractivity (Wildman–Crippen MR) is 74.1 cm³/mol. The maximum Gasteiger partial charge on any atom is 0.276 e. The molecule has 1 aromatic heterocycles. The van der Waals surface area contributed by atoms with E-state index in [9.17, 15) is 13.2 Å². The fourth-order valence-electron chi connectivity index (χ4n) is 1.75. The molecule has 0 saturated carbocycles. The maximum absolute atomic E-state index is 11.8. The summed E-state index contributed by atoms with van der Waals surface area (Å²) in [5.74, 6) is 0. The van der Waals surface area contributed by atoms with Crippen molar-refractivity contribution in [1.82, 2.24) is 14.4 Å². The van der Waals surface area contributed by atoms with Crippen molar-refractivity contribution >= 4 is 21.1 Å². The third-order valence-corrected chi connectivity index (χ3v) is 3.86. The van der Waals surface area contributed by atoms with Gasteiger partial charge in [0, 0.05) is 24.7 Å². The quantitative estimate of drug-likeness (QED) is 0.757. The molecule has 1 heterocycles. The summed E-state index contributed by atoms with van der Waals surface area (Å²) in [6, 6.07) is 7.36. The Kier molecular flexibility index (Phi) is 3.70. The van der Waals surface area contributed by atoms with Crippen molar-refractivity contribution in [3.8, 4) is 0 Å². The Morgan fingerprint density at radius 1 is 1.26 bits per heavy atom. The van der Waals surface area contributed by atoms with Crippen molar-refractivity contribution in [2.75, 3.05) is 7.05 Å². The Hall–Kier alpha value is -1.70. The van der Waals surface area contributed by atoms with Gasteiger partial charge in [0.2, 0.25) is 0 Å². The minimum atomic E-state index is -3.55. The fraction of sp³-hybridized carbons (Fsp3) is 0.250. The van der Waals surface area contributed by atoms with Crippen LogP contribution in [-0.4, -0.2) is 20.4 Å². The van der Waals surface area contributed by atoms with Crippen LogP contribution in [0, 0.1) is 6.92 Å². The molecular formula is C12H15N3O3S. The van der Waals surface area contributed by atoms with Crippen molar-refractivity contribution in [3.63, 3.8) is 0 Å². The van der Waals surface area contributed by atoms with E-state index in [2.05, 4.69) is 14.4 Å². The first-order chi connectivity index (χ1) is 8.91. The molecule has 102 valence electrons. The second-order valence-corrected chi connectivity index (χ2v) is 5.95.